The molecule has 1 aromatic carbocycles. The Kier molecular flexibility index (Phi) is 2.19. The first kappa shape index (κ1) is 9.83. The van der Waals surface area contributed by atoms with Crippen molar-refractivity contribution in [2.75, 3.05) is 5.73 Å². The van der Waals surface area contributed by atoms with E-state index < -0.39 is 17.6 Å². The minimum Gasteiger partial charge on any atom is -0.398 e. The van der Waals surface area contributed by atoms with Crippen molar-refractivity contribution < 1.29 is 17.6 Å². The topological polar surface area (TPSA) is 26.0 Å². The Bertz CT molecular complexity index is 330. The van der Waals surface area contributed by atoms with Crippen molar-refractivity contribution in [2.45, 2.75) is 13.1 Å². The van der Waals surface area contributed by atoms with E-state index in [9.17, 15) is 17.6 Å². The number of halogens is 4. The van der Waals surface area contributed by atoms with Gasteiger partial charge in [-0.2, -0.15) is 13.2 Å². The third-order valence-corrected chi connectivity index (χ3v) is 1.66. The molecule has 0 aliphatic carbocycles. The van der Waals surface area contributed by atoms with Gasteiger partial charge in [0.15, 0.2) is 0 Å². The van der Waals surface area contributed by atoms with Crippen molar-refractivity contribution in [3.8, 4) is 0 Å². The lowest BCUT2D eigenvalue weighted by Gasteiger charge is -2.09. The molecule has 1 aromatic rings. The summed E-state index contributed by atoms with van der Waals surface area (Å²) in [6, 6.07) is 1.38. The van der Waals surface area contributed by atoms with Gasteiger partial charge in [-0.3, -0.25) is 0 Å². The average Bonchev–Trinajstić information content (AvgIpc) is 1.94. The van der Waals surface area contributed by atoms with Crippen LogP contribution < -0.4 is 5.73 Å². The molecule has 0 fully saturated rings. The highest BCUT2D eigenvalue weighted by Gasteiger charge is 2.34. The van der Waals surface area contributed by atoms with Crippen LogP contribution in [0.15, 0.2) is 12.1 Å². The highest BCUT2D eigenvalue weighted by molar-refractivity contribution is 5.49. The van der Waals surface area contributed by atoms with E-state index in [1.807, 2.05) is 0 Å². The van der Waals surface area contributed by atoms with E-state index in [2.05, 4.69) is 0 Å². The molecule has 0 bridgehead atoms. The number of nitrogen functional groups attached to an aromatic ring is 1. The maximum absolute atomic E-state index is 12.8. The molecule has 0 spiro atoms. The predicted octanol–water partition coefficient (Wildman–Crippen LogP) is 2.74. The fourth-order valence-electron chi connectivity index (χ4n) is 0.907. The van der Waals surface area contributed by atoms with Crippen molar-refractivity contribution in [1.82, 2.24) is 0 Å². The summed E-state index contributed by atoms with van der Waals surface area (Å²) in [5.74, 6) is -1.29. The molecule has 2 N–H and O–H groups in total. The standard InChI is InChI=1S/C8H7F4N/c1-4-2-6(9)5(3-7(4)13)8(10,11)12/h2-3H,13H2,1H3. The maximum Gasteiger partial charge on any atom is 0.419 e. The second-order valence-corrected chi connectivity index (χ2v) is 2.69. The zero-order valence-electron chi connectivity index (χ0n) is 6.74. The van der Waals surface area contributed by atoms with E-state index in [0.29, 0.717) is 11.6 Å². The normalized spacial score (nSPS) is 11.8. The van der Waals surface area contributed by atoms with Crippen molar-refractivity contribution in [1.29, 1.82) is 0 Å². The molecule has 0 saturated carbocycles. The lowest BCUT2D eigenvalue weighted by atomic mass is 10.1. The van der Waals surface area contributed by atoms with E-state index in [4.69, 9.17) is 5.73 Å². The largest absolute Gasteiger partial charge is 0.419 e. The first-order valence-corrected chi connectivity index (χ1v) is 3.45. The van der Waals surface area contributed by atoms with Gasteiger partial charge in [-0.05, 0) is 24.6 Å². The van der Waals surface area contributed by atoms with Crippen LogP contribution in [0.4, 0.5) is 23.2 Å². The lowest BCUT2D eigenvalue weighted by Crippen LogP contribution is -2.09. The number of anilines is 1. The quantitative estimate of drug-likeness (QED) is 0.497. The highest BCUT2D eigenvalue weighted by Crippen LogP contribution is 2.33. The summed E-state index contributed by atoms with van der Waals surface area (Å²) in [6.45, 7) is 1.44. The second-order valence-electron chi connectivity index (χ2n) is 2.69. The van der Waals surface area contributed by atoms with Crippen LogP contribution in [-0.2, 0) is 6.18 Å². The van der Waals surface area contributed by atoms with E-state index >= 15 is 0 Å². The Labute approximate surface area is 72.2 Å². The molecule has 0 heterocycles. The fraction of sp³-hybridized carbons (Fsp3) is 0.250. The van der Waals surface area contributed by atoms with Gasteiger partial charge in [0.05, 0.1) is 5.56 Å². The van der Waals surface area contributed by atoms with Crippen molar-refractivity contribution >= 4 is 5.69 Å². The van der Waals surface area contributed by atoms with Crippen LogP contribution in [0, 0.1) is 12.7 Å². The fourth-order valence-corrected chi connectivity index (χ4v) is 0.907. The molecule has 72 valence electrons. The van der Waals surface area contributed by atoms with Crippen LogP contribution in [0.25, 0.3) is 0 Å². The molecular formula is C8H7F4N. The first-order valence-electron chi connectivity index (χ1n) is 3.45. The van der Waals surface area contributed by atoms with Gasteiger partial charge in [0, 0.05) is 5.69 Å². The highest BCUT2D eigenvalue weighted by atomic mass is 19.4. The molecule has 13 heavy (non-hydrogen) atoms. The third-order valence-electron chi connectivity index (χ3n) is 1.66. The summed E-state index contributed by atoms with van der Waals surface area (Å²) in [5, 5.41) is 0. The van der Waals surface area contributed by atoms with Crippen molar-refractivity contribution in [3.63, 3.8) is 0 Å². The maximum atomic E-state index is 12.8. The number of alkyl halides is 3. The average molecular weight is 193 g/mol. The Balaban J connectivity index is 3.32. The van der Waals surface area contributed by atoms with E-state index in [1.54, 1.807) is 0 Å². The van der Waals surface area contributed by atoms with Gasteiger partial charge in [-0.15, -0.1) is 0 Å². The molecule has 1 rings (SSSR count). The molecule has 0 amide bonds. The van der Waals surface area contributed by atoms with Gasteiger partial charge in [0.1, 0.15) is 5.82 Å². The van der Waals surface area contributed by atoms with Gasteiger partial charge in [-0.25, -0.2) is 4.39 Å². The number of hydrogen-bond donors (Lipinski definition) is 1. The first-order chi connectivity index (χ1) is 5.82. The van der Waals surface area contributed by atoms with Crippen molar-refractivity contribution in [3.05, 3.63) is 29.1 Å². The van der Waals surface area contributed by atoms with Gasteiger partial charge in [0.25, 0.3) is 0 Å². The summed E-state index contributed by atoms with van der Waals surface area (Å²) >= 11 is 0. The van der Waals surface area contributed by atoms with E-state index in [1.165, 1.54) is 6.92 Å². The molecule has 5 heteroatoms. The molecule has 0 aliphatic rings. The predicted molar refractivity (Wildman–Crippen MR) is 40.6 cm³/mol. The number of nitrogens with two attached hydrogens (primary N) is 1. The Morgan fingerprint density at radius 2 is 1.77 bits per heavy atom. The van der Waals surface area contributed by atoms with Crippen LogP contribution in [-0.4, -0.2) is 0 Å². The molecule has 0 radical (unpaired) electrons. The lowest BCUT2D eigenvalue weighted by molar-refractivity contribution is -0.139. The number of rotatable bonds is 0. The Hall–Kier alpha value is -1.26. The van der Waals surface area contributed by atoms with Crippen LogP contribution in [0.1, 0.15) is 11.1 Å². The number of hydrogen-bond acceptors (Lipinski definition) is 1. The van der Waals surface area contributed by atoms with Crippen molar-refractivity contribution in [2.24, 2.45) is 0 Å². The van der Waals surface area contributed by atoms with Crippen LogP contribution in [0.5, 0.6) is 0 Å². The molecule has 1 nitrogen and oxygen atoms in total. The summed E-state index contributed by atoms with van der Waals surface area (Å²) < 4.78 is 48.9. The van der Waals surface area contributed by atoms with Crippen LogP contribution in [0.3, 0.4) is 0 Å². The van der Waals surface area contributed by atoms with Gasteiger partial charge < -0.3 is 5.73 Å². The molecule has 0 saturated heterocycles. The molecule has 0 aromatic heterocycles. The molecule has 0 atom stereocenters. The summed E-state index contributed by atoms with van der Waals surface area (Å²) in [4.78, 5) is 0. The molecular weight excluding hydrogens is 186 g/mol. The monoisotopic (exact) mass is 193 g/mol. The summed E-state index contributed by atoms with van der Waals surface area (Å²) in [5.41, 5.74) is 4.13. The zero-order valence-corrected chi connectivity index (χ0v) is 6.74. The van der Waals surface area contributed by atoms with Crippen LogP contribution >= 0.6 is 0 Å². The number of benzene rings is 1. The third kappa shape index (κ3) is 1.91. The van der Waals surface area contributed by atoms with E-state index in [0.717, 1.165) is 6.07 Å². The van der Waals surface area contributed by atoms with Gasteiger partial charge >= 0.3 is 6.18 Å². The minimum absolute atomic E-state index is 0.0614. The van der Waals surface area contributed by atoms with Gasteiger partial charge in [0.2, 0.25) is 0 Å². The van der Waals surface area contributed by atoms with E-state index in [-0.39, 0.29) is 5.69 Å². The Morgan fingerprint density at radius 1 is 1.23 bits per heavy atom. The SMILES string of the molecule is Cc1cc(F)c(C(F)(F)F)cc1N. The number of aryl methyl sites for hydroxylation is 1. The molecule has 0 unspecified atom stereocenters. The smallest absolute Gasteiger partial charge is 0.398 e. The molecule has 0 aliphatic heterocycles. The Morgan fingerprint density at radius 3 is 2.23 bits per heavy atom. The van der Waals surface area contributed by atoms with Gasteiger partial charge in [-0.1, -0.05) is 0 Å². The minimum atomic E-state index is -4.69. The van der Waals surface area contributed by atoms with Crippen LogP contribution in [0.2, 0.25) is 0 Å². The summed E-state index contributed by atoms with van der Waals surface area (Å²) in [6.07, 6.45) is -4.69. The summed E-state index contributed by atoms with van der Waals surface area (Å²) in [7, 11) is 0. The second kappa shape index (κ2) is 2.90. The zero-order chi connectivity index (χ0) is 10.2.